The molecule has 1 unspecified atom stereocenters. The van der Waals surface area contributed by atoms with E-state index in [-0.39, 0.29) is 6.61 Å². The summed E-state index contributed by atoms with van der Waals surface area (Å²) in [5.74, 6) is 0.612. The summed E-state index contributed by atoms with van der Waals surface area (Å²) in [4.78, 5) is 2.42. The molecule has 2 aromatic carbocycles. The maximum absolute atomic E-state index is 9.17. The molecule has 1 N–H and O–H groups in total. The van der Waals surface area contributed by atoms with Gasteiger partial charge in [-0.3, -0.25) is 0 Å². The largest absolute Gasteiger partial charge is 0.392 e. The van der Waals surface area contributed by atoms with Gasteiger partial charge in [0.1, 0.15) is 0 Å². The molecule has 0 bridgehead atoms. The zero-order valence-electron chi connectivity index (χ0n) is 11.3. The molecule has 1 saturated heterocycles. The van der Waals surface area contributed by atoms with Crippen LogP contribution in [-0.4, -0.2) is 18.2 Å². The number of hydrogen-bond donors (Lipinski definition) is 1. The van der Waals surface area contributed by atoms with Gasteiger partial charge in [-0.05, 0) is 45.6 Å². The van der Waals surface area contributed by atoms with E-state index < -0.39 is 0 Å². The van der Waals surface area contributed by atoms with Crippen molar-refractivity contribution in [3.05, 3.63) is 64.1 Å². The van der Waals surface area contributed by atoms with Crippen LogP contribution in [0.5, 0.6) is 0 Å². The molecule has 3 heteroatoms. The molecule has 0 aliphatic carbocycles. The van der Waals surface area contributed by atoms with E-state index in [0.29, 0.717) is 5.92 Å². The summed E-state index contributed by atoms with van der Waals surface area (Å²) in [7, 11) is 0. The van der Waals surface area contributed by atoms with Crippen molar-refractivity contribution in [3.63, 3.8) is 0 Å². The van der Waals surface area contributed by atoms with Crippen molar-refractivity contribution in [3.8, 4) is 0 Å². The summed E-state index contributed by atoms with van der Waals surface area (Å²) in [6, 6.07) is 16.8. The van der Waals surface area contributed by atoms with Gasteiger partial charge in [-0.2, -0.15) is 0 Å². The first kappa shape index (κ1) is 13.7. The molecule has 3 rings (SSSR count). The number of halogens is 1. The fourth-order valence-corrected chi connectivity index (χ4v) is 3.56. The quantitative estimate of drug-likeness (QED) is 0.920. The summed E-state index contributed by atoms with van der Waals surface area (Å²) < 4.78 is 1.07. The predicted octanol–water partition coefficient (Wildman–Crippen LogP) is 3.94. The number of aliphatic hydroxyl groups is 1. The Kier molecular flexibility index (Phi) is 4.08. The minimum Gasteiger partial charge on any atom is -0.392 e. The molecule has 0 amide bonds. The lowest BCUT2D eigenvalue weighted by Gasteiger charge is -2.21. The van der Waals surface area contributed by atoms with Gasteiger partial charge in [0.15, 0.2) is 0 Å². The first-order chi connectivity index (χ1) is 9.78. The van der Waals surface area contributed by atoms with Crippen molar-refractivity contribution in [1.82, 2.24) is 0 Å². The fourth-order valence-electron chi connectivity index (χ4n) is 2.88. The van der Waals surface area contributed by atoms with Gasteiger partial charge in [0.2, 0.25) is 0 Å². The number of aliphatic hydroxyl groups excluding tert-OH is 1. The number of nitrogens with zero attached hydrogens (tertiary/aromatic N) is 1. The Morgan fingerprint density at radius 3 is 2.65 bits per heavy atom. The average molecular weight is 332 g/mol. The molecular weight excluding hydrogens is 314 g/mol. The van der Waals surface area contributed by atoms with E-state index in [1.54, 1.807) is 0 Å². The maximum atomic E-state index is 9.17. The molecule has 1 fully saturated rings. The Hall–Kier alpha value is -1.32. The molecule has 2 aromatic rings. The van der Waals surface area contributed by atoms with Gasteiger partial charge >= 0.3 is 0 Å². The third-order valence-corrected chi connectivity index (χ3v) is 4.63. The van der Waals surface area contributed by atoms with Crippen molar-refractivity contribution in [2.75, 3.05) is 18.0 Å². The average Bonchev–Trinajstić information content (AvgIpc) is 2.97. The van der Waals surface area contributed by atoms with Crippen LogP contribution in [0.15, 0.2) is 53.0 Å². The van der Waals surface area contributed by atoms with E-state index in [2.05, 4.69) is 57.2 Å². The Balaban J connectivity index is 1.77. The highest BCUT2D eigenvalue weighted by atomic mass is 79.9. The van der Waals surface area contributed by atoms with Gasteiger partial charge in [0, 0.05) is 23.5 Å². The third-order valence-electron chi connectivity index (χ3n) is 3.99. The number of anilines is 1. The highest BCUT2D eigenvalue weighted by Crippen LogP contribution is 2.34. The summed E-state index contributed by atoms with van der Waals surface area (Å²) in [6.07, 6.45) is 1.19. The van der Waals surface area contributed by atoms with Gasteiger partial charge in [-0.1, -0.05) is 36.4 Å². The van der Waals surface area contributed by atoms with E-state index in [1.165, 1.54) is 17.7 Å². The van der Waals surface area contributed by atoms with Crippen molar-refractivity contribution < 1.29 is 5.11 Å². The molecule has 0 saturated carbocycles. The van der Waals surface area contributed by atoms with Crippen molar-refractivity contribution in [2.24, 2.45) is 0 Å². The van der Waals surface area contributed by atoms with Crippen LogP contribution in [0, 0.1) is 0 Å². The second-order valence-corrected chi connectivity index (χ2v) is 6.14. The molecule has 1 aliphatic heterocycles. The summed E-state index contributed by atoms with van der Waals surface area (Å²) in [5, 5.41) is 9.17. The Morgan fingerprint density at radius 2 is 1.95 bits per heavy atom. The van der Waals surface area contributed by atoms with Gasteiger partial charge in [-0.25, -0.2) is 0 Å². The van der Waals surface area contributed by atoms with E-state index >= 15 is 0 Å². The standard InChI is InChI=1S/C17H18BrNO/c18-16-10-13(12-20)6-7-17(16)19-9-8-15(11-19)14-4-2-1-3-5-14/h1-7,10,15,20H,8-9,11-12H2. The van der Waals surface area contributed by atoms with Crippen LogP contribution in [-0.2, 0) is 6.61 Å². The Labute approximate surface area is 128 Å². The molecular formula is C17H18BrNO. The second kappa shape index (κ2) is 5.98. The van der Waals surface area contributed by atoms with Crippen LogP contribution in [0.4, 0.5) is 5.69 Å². The third kappa shape index (κ3) is 2.74. The number of hydrogen-bond acceptors (Lipinski definition) is 2. The summed E-state index contributed by atoms with van der Waals surface area (Å²) in [6.45, 7) is 2.23. The lowest BCUT2D eigenvalue weighted by molar-refractivity contribution is 0.282. The molecule has 1 atom stereocenters. The van der Waals surface area contributed by atoms with Gasteiger partial charge in [0.05, 0.1) is 12.3 Å². The maximum Gasteiger partial charge on any atom is 0.0682 e. The first-order valence-corrected chi connectivity index (χ1v) is 7.76. The van der Waals surface area contributed by atoms with Gasteiger partial charge < -0.3 is 10.0 Å². The fraction of sp³-hybridized carbons (Fsp3) is 0.294. The number of benzene rings is 2. The van der Waals surface area contributed by atoms with Crippen molar-refractivity contribution in [2.45, 2.75) is 18.9 Å². The van der Waals surface area contributed by atoms with Crippen LogP contribution in [0.3, 0.4) is 0 Å². The smallest absolute Gasteiger partial charge is 0.0682 e. The van der Waals surface area contributed by atoms with Crippen LogP contribution < -0.4 is 4.90 Å². The molecule has 1 aliphatic rings. The predicted molar refractivity (Wildman–Crippen MR) is 86.1 cm³/mol. The topological polar surface area (TPSA) is 23.5 Å². The monoisotopic (exact) mass is 331 g/mol. The van der Waals surface area contributed by atoms with Crippen LogP contribution >= 0.6 is 15.9 Å². The summed E-state index contributed by atoms with van der Waals surface area (Å²) >= 11 is 3.62. The SMILES string of the molecule is OCc1ccc(N2CCC(c3ccccc3)C2)c(Br)c1. The van der Waals surface area contributed by atoms with E-state index in [4.69, 9.17) is 0 Å². The van der Waals surface area contributed by atoms with Crippen LogP contribution in [0.25, 0.3) is 0 Å². The zero-order valence-corrected chi connectivity index (χ0v) is 12.9. The summed E-state index contributed by atoms with van der Waals surface area (Å²) in [5.41, 5.74) is 3.60. The lowest BCUT2D eigenvalue weighted by atomic mass is 9.99. The highest BCUT2D eigenvalue weighted by molar-refractivity contribution is 9.10. The molecule has 1 heterocycles. The minimum atomic E-state index is 0.0888. The number of rotatable bonds is 3. The zero-order chi connectivity index (χ0) is 13.9. The minimum absolute atomic E-state index is 0.0888. The highest BCUT2D eigenvalue weighted by Gasteiger charge is 2.24. The van der Waals surface area contributed by atoms with Crippen LogP contribution in [0.1, 0.15) is 23.5 Å². The van der Waals surface area contributed by atoms with Crippen LogP contribution in [0.2, 0.25) is 0 Å². The van der Waals surface area contributed by atoms with E-state index in [0.717, 1.165) is 23.1 Å². The molecule has 0 spiro atoms. The molecule has 0 aromatic heterocycles. The van der Waals surface area contributed by atoms with Crippen molar-refractivity contribution >= 4 is 21.6 Å². The van der Waals surface area contributed by atoms with Crippen molar-refractivity contribution in [1.29, 1.82) is 0 Å². The van der Waals surface area contributed by atoms with Gasteiger partial charge in [-0.15, -0.1) is 0 Å². The Bertz CT molecular complexity index is 585. The molecule has 0 radical (unpaired) electrons. The molecule has 20 heavy (non-hydrogen) atoms. The normalized spacial score (nSPS) is 18.5. The second-order valence-electron chi connectivity index (χ2n) is 5.29. The Morgan fingerprint density at radius 1 is 1.15 bits per heavy atom. The van der Waals surface area contributed by atoms with E-state index in [1.807, 2.05) is 12.1 Å². The van der Waals surface area contributed by atoms with E-state index in [9.17, 15) is 5.11 Å². The first-order valence-electron chi connectivity index (χ1n) is 6.97. The lowest BCUT2D eigenvalue weighted by Crippen LogP contribution is -2.19. The van der Waals surface area contributed by atoms with Gasteiger partial charge in [0.25, 0.3) is 0 Å². The molecule has 104 valence electrons. The molecule has 2 nitrogen and oxygen atoms in total.